The van der Waals surface area contributed by atoms with Crippen LogP contribution in [-0.2, 0) is 19.4 Å². The van der Waals surface area contributed by atoms with E-state index < -0.39 is 0 Å². The van der Waals surface area contributed by atoms with Gasteiger partial charge in [-0.05, 0) is 25.8 Å². The molecular weight excluding hydrogens is 238 g/mol. The van der Waals surface area contributed by atoms with Gasteiger partial charge >= 0.3 is 0 Å². The largest absolute Gasteiger partial charge is 0.271 e. The molecule has 0 aliphatic rings. The number of rotatable bonds is 6. The first-order valence-corrected chi connectivity index (χ1v) is 6.61. The molecule has 0 saturated carbocycles. The first-order valence-electron chi connectivity index (χ1n) is 6.61. The molecule has 0 amide bonds. The van der Waals surface area contributed by atoms with Crippen molar-refractivity contribution in [3.8, 4) is 0 Å². The van der Waals surface area contributed by atoms with Crippen LogP contribution in [0.1, 0.15) is 23.9 Å². The van der Waals surface area contributed by atoms with E-state index in [4.69, 9.17) is 5.84 Å². The van der Waals surface area contributed by atoms with Gasteiger partial charge in [0.1, 0.15) is 12.2 Å². The Morgan fingerprint density at radius 1 is 1.26 bits per heavy atom. The second-order valence-electron chi connectivity index (χ2n) is 4.75. The van der Waals surface area contributed by atoms with Gasteiger partial charge in [0.05, 0.1) is 0 Å². The molecule has 0 spiro atoms. The molecule has 1 aromatic carbocycles. The van der Waals surface area contributed by atoms with Crippen LogP contribution in [0.15, 0.2) is 30.6 Å². The van der Waals surface area contributed by atoms with Crippen LogP contribution in [0.2, 0.25) is 0 Å². The smallest absolute Gasteiger partial charge is 0.138 e. The van der Waals surface area contributed by atoms with Gasteiger partial charge in [-0.3, -0.25) is 16.0 Å². The van der Waals surface area contributed by atoms with Gasteiger partial charge in [-0.1, -0.05) is 29.8 Å². The highest BCUT2D eigenvalue weighted by molar-refractivity contribution is 5.22. The van der Waals surface area contributed by atoms with Gasteiger partial charge in [-0.2, -0.15) is 5.10 Å². The summed E-state index contributed by atoms with van der Waals surface area (Å²) in [6.45, 7) is 4.98. The van der Waals surface area contributed by atoms with E-state index in [-0.39, 0.29) is 6.04 Å². The maximum atomic E-state index is 5.65. The Hall–Kier alpha value is -1.72. The molecule has 0 radical (unpaired) electrons. The molecule has 1 heterocycles. The zero-order valence-electron chi connectivity index (χ0n) is 11.5. The van der Waals surface area contributed by atoms with Gasteiger partial charge in [-0.15, -0.1) is 0 Å². The molecule has 0 fully saturated rings. The molecule has 5 heteroatoms. The summed E-state index contributed by atoms with van der Waals surface area (Å²) >= 11 is 0. The minimum atomic E-state index is 0.164. The van der Waals surface area contributed by atoms with Crippen molar-refractivity contribution in [3.63, 3.8) is 0 Å². The van der Waals surface area contributed by atoms with Crippen molar-refractivity contribution in [3.05, 3.63) is 47.5 Å². The lowest BCUT2D eigenvalue weighted by Gasteiger charge is -2.15. The molecule has 19 heavy (non-hydrogen) atoms. The molecule has 0 aliphatic heterocycles. The molecule has 2 aromatic rings. The van der Waals surface area contributed by atoms with Crippen molar-refractivity contribution >= 4 is 0 Å². The zero-order chi connectivity index (χ0) is 13.7. The predicted octanol–water partition coefficient (Wildman–Crippen LogP) is 1.22. The van der Waals surface area contributed by atoms with Crippen molar-refractivity contribution in [2.24, 2.45) is 5.84 Å². The summed E-state index contributed by atoms with van der Waals surface area (Å²) in [5.41, 5.74) is 5.42. The van der Waals surface area contributed by atoms with Crippen molar-refractivity contribution in [1.82, 2.24) is 20.2 Å². The van der Waals surface area contributed by atoms with Crippen LogP contribution in [0.4, 0.5) is 0 Å². The first-order chi connectivity index (χ1) is 9.22. The number of hydrogen-bond acceptors (Lipinski definition) is 4. The first kappa shape index (κ1) is 13.7. The molecule has 3 N–H and O–H groups in total. The lowest BCUT2D eigenvalue weighted by atomic mass is 10.0. The Balaban J connectivity index is 2.02. The fourth-order valence-electron chi connectivity index (χ4n) is 2.13. The molecule has 1 aromatic heterocycles. The number of benzene rings is 1. The average Bonchev–Trinajstić information content (AvgIpc) is 2.87. The quantitative estimate of drug-likeness (QED) is 0.604. The van der Waals surface area contributed by atoms with Crippen LogP contribution in [-0.4, -0.2) is 20.8 Å². The average molecular weight is 259 g/mol. The molecule has 0 aliphatic carbocycles. The highest BCUT2D eigenvalue weighted by Gasteiger charge is 2.12. The third-order valence-corrected chi connectivity index (χ3v) is 3.26. The van der Waals surface area contributed by atoms with E-state index in [0.29, 0.717) is 0 Å². The van der Waals surface area contributed by atoms with Crippen molar-refractivity contribution in [2.45, 2.75) is 39.3 Å². The number of hydrazine groups is 1. The third kappa shape index (κ3) is 3.62. The molecule has 0 bridgehead atoms. The summed E-state index contributed by atoms with van der Waals surface area (Å²) in [6, 6.07) is 8.70. The molecule has 1 unspecified atom stereocenters. The normalized spacial score (nSPS) is 12.6. The Kier molecular flexibility index (Phi) is 4.65. The molecular formula is C14H21N5. The lowest BCUT2D eigenvalue weighted by Crippen LogP contribution is -2.39. The Morgan fingerprint density at radius 2 is 2.00 bits per heavy atom. The zero-order valence-corrected chi connectivity index (χ0v) is 11.5. The van der Waals surface area contributed by atoms with Crippen LogP contribution in [0.25, 0.3) is 0 Å². The highest BCUT2D eigenvalue weighted by Crippen LogP contribution is 2.09. The van der Waals surface area contributed by atoms with Crippen LogP contribution >= 0.6 is 0 Å². The van der Waals surface area contributed by atoms with Crippen LogP contribution in [0.5, 0.6) is 0 Å². The van der Waals surface area contributed by atoms with E-state index in [1.807, 2.05) is 4.68 Å². The van der Waals surface area contributed by atoms with Gasteiger partial charge < -0.3 is 0 Å². The van der Waals surface area contributed by atoms with Gasteiger partial charge in [0.2, 0.25) is 0 Å². The monoisotopic (exact) mass is 259 g/mol. The molecule has 102 valence electrons. The second-order valence-corrected chi connectivity index (χ2v) is 4.75. The summed E-state index contributed by atoms with van der Waals surface area (Å²) in [5, 5.41) is 4.18. The van der Waals surface area contributed by atoms with Crippen LogP contribution < -0.4 is 11.3 Å². The number of nitrogens with zero attached hydrogens (tertiary/aromatic N) is 3. The third-order valence-electron chi connectivity index (χ3n) is 3.26. The fourth-order valence-corrected chi connectivity index (χ4v) is 2.13. The summed E-state index contributed by atoms with van der Waals surface area (Å²) in [5.74, 6) is 6.62. The maximum Gasteiger partial charge on any atom is 0.138 e. The van der Waals surface area contributed by atoms with Crippen molar-refractivity contribution < 1.29 is 0 Å². The predicted molar refractivity (Wildman–Crippen MR) is 75.4 cm³/mol. The van der Waals surface area contributed by atoms with E-state index in [0.717, 1.165) is 25.2 Å². The summed E-state index contributed by atoms with van der Waals surface area (Å²) in [6.07, 6.45) is 3.25. The number of aromatic nitrogens is 3. The fraction of sp³-hybridized carbons (Fsp3) is 0.429. The van der Waals surface area contributed by atoms with E-state index >= 15 is 0 Å². The van der Waals surface area contributed by atoms with Gasteiger partial charge in [-0.25, -0.2) is 4.98 Å². The van der Waals surface area contributed by atoms with E-state index in [1.54, 1.807) is 6.33 Å². The Bertz CT molecular complexity index is 503. The standard InChI is InChI=1S/C14H21N5/c1-3-19-14(16-10-17-19)9-13(18-15)8-12-6-4-11(2)5-7-12/h4-7,10,13,18H,3,8-9,15H2,1-2H3. The molecule has 0 saturated heterocycles. The number of nitrogens with two attached hydrogens (primary N) is 1. The van der Waals surface area contributed by atoms with Crippen LogP contribution in [0, 0.1) is 6.92 Å². The molecule has 5 nitrogen and oxygen atoms in total. The minimum absolute atomic E-state index is 0.164. The summed E-state index contributed by atoms with van der Waals surface area (Å²) in [4.78, 5) is 4.29. The minimum Gasteiger partial charge on any atom is -0.271 e. The van der Waals surface area contributed by atoms with E-state index in [9.17, 15) is 0 Å². The second kappa shape index (κ2) is 6.45. The number of hydrogen-bond donors (Lipinski definition) is 2. The lowest BCUT2D eigenvalue weighted by molar-refractivity contribution is 0.490. The summed E-state index contributed by atoms with van der Waals surface area (Å²) < 4.78 is 1.90. The van der Waals surface area contributed by atoms with Crippen LogP contribution in [0.3, 0.4) is 0 Å². The Labute approximate surface area is 113 Å². The highest BCUT2D eigenvalue weighted by atomic mass is 15.3. The molecule has 2 rings (SSSR count). The van der Waals surface area contributed by atoms with Gasteiger partial charge in [0, 0.05) is 19.0 Å². The van der Waals surface area contributed by atoms with E-state index in [1.165, 1.54) is 11.1 Å². The number of aryl methyl sites for hydroxylation is 2. The SMILES string of the molecule is CCn1ncnc1CC(Cc1ccc(C)cc1)NN. The maximum absolute atomic E-state index is 5.65. The van der Waals surface area contributed by atoms with Gasteiger partial charge in [0.25, 0.3) is 0 Å². The Morgan fingerprint density at radius 3 is 2.63 bits per heavy atom. The molecule has 1 atom stereocenters. The van der Waals surface area contributed by atoms with Crippen molar-refractivity contribution in [2.75, 3.05) is 0 Å². The summed E-state index contributed by atoms with van der Waals surface area (Å²) in [7, 11) is 0. The van der Waals surface area contributed by atoms with Crippen molar-refractivity contribution in [1.29, 1.82) is 0 Å². The number of nitrogens with one attached hydrogen (secondary N) is 1. The van der Waals surface area contributed by atoms with Gasteiger partial charge in [0.15, 0.2) is 0 Å². The van der Waals surface area contributed by atoms with E-state index in [2.05, 4.69) is 53.6 Å². The topological polar surface area (TPSA) is 68.8 Å².